The van der Waals surface area contributed by atoms with E-state index in [9.17, 15) is 0 Å². The highest BCUT2D eigenvalue weighted by molar-refractivity contribution is 7.98. The van der Waals surface area contributed by atoms with Crippen LogP contribution in [0.3, 0.4) is 0 Å². The van der Waals surface area contributed by atoms with Crippen LogP contribution in [-0.2, 0) is 18.3 Å². The molecule has 0 saturated heterocycles. The van der Waals surface area contributed by atoms with Gasteiger partial charge in [0.05, 0.1) is 19.3 Å². The molecule has 182 valence electrons. The van der Waals surface area contributed by atoms with Crippen LogP contribution in [0.25, 0.3) is 0 Å². The molecule has 30 heavy (non-hydrogen) atoms. The fourth-order valence-electron chi connectivity index (χ4n) is 3.40. The van der Waals surface area contributed by atoms with Gasteiger partial charge in [-0.15, -0.1) is 0 Å². The molecule has 4 nitrogen and oxygen atoms in total. The lowest BCUT2D eigenvalue weighted by molar-refractivity contribution is 0.0110. The molecule has 0 aliphatic carbocycles. The van der Waals surface area contributed by atoms with Crippen molar-refractivity contribution in [3.63, 3.8) is 0 Å². The van der Waals surface area contributed by atoms with Crippen LogP contribution in [0.15, 0.2) is 0 Å². The van der Waals surface area contributed by atoms with Gasteiger partial charge in [0.25, 0.3) is 0 Å². The quantitative estimate of drug-likeness (QED) is 0.0995. The van der Waals surface area contributed by atoms with Gasteiger partial charge >= 0.3 is 8.60 Å². The maximum absolute atomic E-state index is 6.09. The molecule has 0 radical (unpaired) electrons. The lowest BCUT2D eigenvalue weighted by Gasteiger charge is -2.20. The summed E-state index contributed by atoms with van der Waals surface area (Å²) in [4.78, 5) is 0. The Hall–Kier alpha value is 0.620. The SMILES string of the molecule is CCCCCCCCCCCCCCCCOC(CCSC)COP(OC)OCC. The predicted octanol–water partition coefficient (Wildman–Crippen LogP) is 8.53. The summed E-state index contributed by atoms with van der Waals surface area (Å²) in [6.07, 6.45) is 22.7. The molecule has 0 amide bonds. The number of thioether (sulfide) groups is 1. The fraction of sp³-hybridized carbons (Fsp3) is 1.00. The van der Waals surface area contributed by atoms with Crippen molar-refractivity contribution in [3.8, 4) is 0 Å². The first-order valence-electron chi connectivity index (χ1n) is 12.5. The van der Waals surface area contributed by atoms with Gasteiger partial charge in [-0.05, 0) is 31.8 Å². The average molecular weight is 467 g/mol. The monoisotopic (exact) mass is 466 g/mol. The third-order valence-electron chi connectivity index (χ3n) is 5.24. The summed E-state index contributed by atoms with van der Waals surface area (Å²) >= 11 is 1.85. The van der Waals surface area contributed by atoms with Crippen LogP contribution in [0, 0.1) is 0 Å². The lowest BCUT2D eigenvalue weighted by Crippen LogP contribution is -2.21. The van der Waals surface area contributed by atoms with Crippen molar-refractivity contribution < 1.29 is 18.3 Å². The van der Waals surface area contributed by atoms with Crippen LogP contribution >= 0.6 is 20.4 Å². The Morgan fingerprint density at radius 2 is 1.27 bits per heavy atom. The van der Waals surface area contributed by atoms with Crippen LogP contribution in [0.4, 0.5) is 0 Å². The molecule has 0 aliphatic heterocycles. The second kappa shape index (κ2) is 25.9. The van der Waals surface area contributed by atoms with Crippen molar-refractivity contribution in [1.82, 2.24) is 0 Å². The lowest BCUT2D eigenvalue weighted by atomic mass is 10.0. The smallest absolute Gasteiger partial charge is 0.332 e. The highest BCUT2D eigenvalue weighted by Crippen LogP contribution is 2.38. The highest BCUT2D eigenvalue weighted by Gasteiger charge is 2.15. The minimum atomic E-state index is -1.23. The van der Waals surface area contributed by atoms with Crippen molar-refractivity contribution in [3.05, 3.63) is 0 Å². The average Bonchev–Trinajstić information content (AvgIpc) is 2.76. The van der Waals surface area contributed by atoms with Crippen molar-refractivity contribution in [2.45, 2.75) is 116 Å². The van der Waals surface area contributed by atoms with Gasteiger partial charge in [0.1, 0.15) is 0 Å². The molecule has 0 fully saturated rings. The van der Waals surface area contributed by atoms with Gasteiger partial charge in [-0.2, -0.15) is 11.8 Å². The first-order valence-corrected chi connectivity index (χ1v) is 15.0. The molecule has 0 bridgehead atoms. The molecule has 0 rings (SSSR count). The van der Waals surface area contributed by atoms with Crippen LogP contribution < -0.4 is 0 Å². The summed E-state index contributed by atoms with van der Waals surface area (Å²) in [5.41, 5.74) is 0. The Morgan fingerprint density at radius 3 is 1.73 bits per heavy atom. The van der Waals surface area contributed by atoms with Crippen molar-refractivity contribution >= 4 is 20.4 Å². The molecule has 0 heterocycles. The first kappa shape index (κ1) is 30.6. The molecule has 0 aliphatic rings. The third-order valence-corrected chi connectivity index (χ3v) is 7.02. The van der Waals surface area contributed by atoms with E-state index >= 15 is 0 Å². The fourth-order valence-corrected chi connectivity index (χ4v) is 4.69. The zero-order valence-electron chi connectivity index (χ0n) is 20.5. The molecule has 0 aromatic heterocycles. The van der Waals surface area contributed by atoms with Gasteiger partial charge in [0.15, 0.2) is 0 Å². The zero-order valence-corrected chi connectivity index (χ0v) is 22.2. The van der Waals surface area contributed by atoms with E-state index in [1.165, 1.54) is 83.5 Å². The van der Waals surface area contributed by atoms with Gasteiger partial charge in [-0.25, -0.2) is 0 Å². The van der Waals surface area contributed by atoms with Gasteiger partial charge in [0.2, 0.25) is 0 Å². The standard InChI is InChI=1S/C24H51O4PS/c1-5-7-8-9-10-11-12-13-14-15-16-17-18-19-21-26-24(20-22-30-4)23-28-29(25-3)27-6-2/h24H,5-23H2,1-4H3. The minimum absolute atomic E-state index is 0.139. The molecule has 2 unspecified atom stereocenters. The summed E-state index contributed by atoms with van der Waals surface area (Å²) in [6.45, 7) is 6.23. The van der Waals surface area contributed by atoms with Crippen LogP contribution in [-0.4, -0.2) is 45.0 Å². The van der Waals surface area contributed by atoms with Crippen LogP contribution in [0.5, 0.6) is 0 Å². The molecular formula is C24H51O4PS. The third kappa shape index (κ3) is 21.8. The Morgan fingerprint density at radius 1 is 0.733 bits per heavy atom. The Bertz CT molecular complexity index is 324. The molecule has 0 spiro atoms. The summed E-state index contributed by atoms with van der Waals surface area (Å²) < 4.78 is 22.5. The first-order chi connectivity index (χ1) is 14.8. The van der Waals surface area contributed by atoms with Gasteiger partial charge < -0.3 is 18.3 Å². The molecule has 0 aromatic rings. The molecule has 0 saturated carbocycles. The number of ether oxygens (including phenoxy) is 1. The highest BCUT2D eigenvalue weighted by atomic mass is 32.2. The van der Waals surface area contributed by atoms with Crippen molar-refractivity contribution in [1.29, 1.82) is 0 Å². The van der Waals surface area contributed by atoms with Gasteiger partial charge in [-0.3, -0.25) is 0 Å². The van der Waals surface area contributed by atoms with Crippen LogP contribution in [0.2, 0.25) is 0 Å². The Labute approximate surface area is 193 Å². The summed E-state index contributed by atoms with van der Waals surface area (Å²) in [5.74, 6) is 1.09. The van der Waals surface area contributed by atoms with E-state index in [4.69, 9.17) is 18.3 Å². The number of unbranched alkanes of at least 4 members (excludes halogenated alkanes) is 13. The Balaban J connectivity index is 3.54. The largest absolute Gasteiger partial charge is 0.376 e. The number of hydrogen-bond donors (Lipinski definition) is 0. The van der Waals surface area contributed by atoms with E-state index in [0.717, 1.165) is 25.2 Å². The van der Waals surface area contributed by atoms with E-state index in [2.05, 4.69) is 13.2 Å². The topological polar surface area (TPSA) is 36.9 Å². The summed E-state index contributed by atoms with van der Waals surface area (Å²) in [5, 5.41) is 0. The zero-order chi connectivity index (χ0) is 22.1. The second-order valence-electron chi connectivity index (χ2n) is 7.99. The van der Waals surface area contributed by atoms with Gasteiger partial charge in [-0.1, -0.05) is 90.4 Å². The Kier molecular flexibility index (Phi) is 26.4. The van der Waals surface area contributed by atoms with E-state index in [1.807, 2.05) is 18.7 Å². The summed E-state index contributed by atoms with van der Waals surface area (Å²) in [6, 6.07) is 0. The second-order valence-corrected chi connectivity index (χ2v) is 10.3. The van der Waals surface area contributed by atoms with E-state index < -0.39 is 8.60 Å². The maximum Gasteiger partial charge on any atom is 0.332 e. The van der Waals surface area contributed by atoms with E-state index in [0.29, 0.717) is 13.2 Å². The molecular weight excluding hydrogens is 415 g/mol. The maximum atomic E-state index is 6.09. The molecule has 0 aromatic carbocycles. The predicted molar refractivity (Wildman–Crippen MR) is 135 cm³/mol. The van der Waals surface area contributed by atoms with Crippen LogP contribution in [0.1, 0.15) is 110 Å². The van der Waals surface area contributed by atoms with Gasteiger partial charge in [0, 0.05) is 13.7 Å². The molecule has 2 atom stereocenters. The molecule has 6 heteroatoms. The number of hydrogen-bond acceptors (Lipinski definition) is 5. The van der Waals surface area contributed by atoms with Crippen molar-refractivity contribution in [2.75, 3.05) is 38.9 Å². The van der Waals surface area contributed by atoms with E-state index in [-0.39, 0.29) is 6.10 Å². The summed E-state index contributed by atoms with van der Waals surface area (Å²) in [7, 11) is 0.401. The molecule has 0 N–H and O–H groups in total. The minimum Gasteiger partial charge on any atom is -0.376 e. The van der Waals surface area contributed by atoms with Crippen molar-refractivity contribution in [2.24, 2.45) is 0 Å². The number of rotatable bonds is 25. The normalized spacial score (nSPS) is 13.6. The van der Waals surface area contributed by atoms with E-state index in [1.54, 1.807) is 7.11 Å².